The zero-order valence-electron chi connectivity index (χ0n) is 9.34. The molecule has 104 valence electrons. The quantitative estimate of drug-likeness (QED) is 0.501. The molecular weight excluding hydrogens is 331 g/mol. The molecule has 0 saturated carbocycles. The van der Waals surface area contributed by atoms with Gasteiger partial charge in [-0.15, -0.1) is 0 Å². The summed E-state index contributed by atoms with van der Waals surface area (Å²) in [6, 6.07) is 3.17. The van der Waals surface area contributed by atoms with E-state index >= 15 is 0 Å². The number of aliphatic hydroxyl groups is 2. The SMILES string of the molecule is [N-]=[N+]=NCC(O)C(O)c1ccc(Br)cc1C(F)(F)F. The molecule has 0 aliphatic carbocycles. The average Bonchev–Trinajstić information content (AvgIpc) is 2.34. The predicted octanol–water partition coefficient (Wildman–Crippen LogP) is 3.17. The molecule has 0 spiro atoms. The summed E-state index contributed by atoms with van der Waals surface area (Å²) >= 11 is 2.91. The van der Waals surface area contributed by atoms with Gasteiger partial charge in [0.05, 0.1) is 18.2 Å². The Kier molecular flexibility index (Phi) is 5.19. The van der Waals surface area contributed by atoms with Crippen molar-refractivity contribution < 1.29 is 23.4 Å². The van der Waals surface area contributed by atoms with Crippen molar-refractivity contribution in [2.24, 2.45) is 5.11 Å². The van der Waals surface area contributed by atoms with Crippen molar-refractivity contribution in [3.05, 3.63) is 44.2 Å². The van der Waals surface area contributed by atoms with Gasteiger partial charge >= 0.3 is 6.18 Å². The van der Waals surface area contributed by atoms with E-state index < -0.39 is 36.1 Å². The fraction of sp³-hybridized carbons (Fsp3) is 0.400. The molecule has 19 heavy (non-hydrogen) atoms. The Labute approximate surface area is 114 Å². The first kappa shape index (κ1) is 15.8. The van der Waals surface area contributed by atoms with Crippen molar-refractivity contribution in [1.82, 2.24) is 0 Å². The van der Waals surface area contributed by atoms with E-state index in [-0.39, 0.29) is 4.47 Å². The summed E-state index contributed by atoms with van der Waals surface area (Å²) in [6.45, 7) is -0.523. The van der Waals surface area contributed by atoms with Crippen LogP contribution >= 0.6 is 15.9 Å². The monoisotopic (exact) mass is 339 g/mol. The van der Waals surface area contributed by atoms with E-state index in [2.05, 4.69) is 26.0 Å². The fourth-order valence-electron chi connectivity index (χ4n) is 1.46. The van der Waals surface area contributed by atoms with E-state index in [4.69, 9.17) is 5.53 Å². The lowest BCUT2D eigenvalue weighted by molar-refractivity contribution is -0.139. The Bertz CT molecular complexity index is 503. The number of rotatable bonds is 4. The van der Waals surface area contributed by atoms with Crippen molar-refractivity contribution in [2.45, 2.75) is 18.4 Å². The third-order valence-electron chi connectivity index (χ3n) is 2.34. The molecule has 1 aromatic carbocycles. The molecular formula is C10H9BrF3N3O2. The Morgan fingerprint density at radius 3 is 2.53 bits per heavy atom. The highest BCUT2D eigenvalue weighted by Gasteiger charge is 2.36. The van der Waals surface area contributed by atoms with Crippen molar-refractivity contribution in [3.63, 3.8) is 0 Å². The van der Waals surface area contributed by atoms with Gasteiger partial charge in [-0.3, -0.25) is 0 Å². The van der Waals surface area contributed by atoms with E-state index in [9.17, 15) is 23.4 Å². The topological polar surface area (TPSA) is 89.2 Å². The molecule has 0 aliphatic heterocycles. The maximum Gasteiger partial charge on any atom is 0.416 e. The Hall–Kier alpha value is -1.28. The van der Waals surface area contributed by atoms with Gasteiger partial charge in [-0.05, 0) is 23.2 Å². The van der Waals surface area contributed by atoms with E-state index in [1.807, 2.05) is 0 Å². The highest BCUT2D eigenvalue weighted by molar-refractivity contribution is 9.10. The van der Waals surface area contributed by atoms with Crippen molar-refractivity contribution in [2.75, 3.05) is 6.54 Å². The molecule has 0 fully saturated rings. The van der Waals surface area contributed by atoms with Gasteiger partial charge in [-0.2, -0.15) is 13.2 Å². The number of hydrogen-bond donors (Lipinski definition) is 2. The molecule has 0 bridgehead atoms. The van der Waals surface area contributed by atoms with Gasteiger partial charge in [-0.1, -0.05) is 27.1 Å². The second kappa shape index (κ2) is 6.25. The van der Waals surface area contributed by atoms with Crippen LogP contribution in [0.2, 0.25) is 0 Å². The number of halogens is 4. The lowest BCUT2D eigenvalue weighted by atomic mass is 9.98. The smallest absolute Gasteiger partial charge is 0.390 e. The standard InChI is InChI=1S/C10H9BrF3N3O2/c11-5-1-2-6(7(3-5)10(12,13)14)9(19)8(18)4-16-17-15/h1-3,8-9,18-19H,4H2. The first-order chi connectivity index (χ1) is 8.77. The van der Waals surface area contributed by atoms with Crippen LogP contribution in [-0.4, -0.2) is 22.9 Å². The number of nitrogens with zero attached hydrogens (tertiary/aromatic N) is 3. The average molecular weight is 340 g/mol. The van der Waals surface area contributed by atoms with Gasteiger partial charge in [0.15, 0.2) is 0 Å². The molecule has 0 aliphatic rings. The maximum atomic E-state index is 12.8. The number of hydrogen-bond acceptors (Lipinski definition) is 3. The van der Waals surface area contributed by atoms with Crippen LogP contribution in [0.4, 0.5) is 13.2 Å². The summed E-state index contributed by atoms with van der Waals surface area (Å²) in [6.07, 6.45) is -8.08. The summed E-state index contributed by atoms with van der Waals surface area (Å²) in [5.74, 6) is 0. The molecule has 2 unspecified atom stereocenters. The lowest BCUT2D eigenvalue weighted by Crippen LogP contribution is -2.24. The predicted molar refractivity (Wildman–Crippen MR) is 64.1 cm³/mol. The highest BCUT2D eigenvalue weighted by Crippen LogP contribution is 2.37. The van der Waals surface area contributed by atoms with E-state index in [1.54, 1.807) is 0 Å². The summed E-state index contributed by atoms with van der Waals surface area (Å²) in [5.41, 5.74) is 6.53. The van der Waals surface area contributed by atoms with Crippen molar-refractivity contribution >= 4 is 15.9 Å². The Morgan fingerprint density at radius 1 is 1.37 bits per heavy atom. The van der Waals surface area contributed by atoms with Crippen LogP contribution in [0.1, 0.15) is 17.2 Å². The van der Waals surface area contributed by atoms with Gasteiger partial charge in [0, 0.05) is 9.38 Å². The minimum Gasteiger partial charge on any atom is -0.390 e. The van der Waals surface area contributed by atoms with E-state index in [0.29, 0.717) is 0 Å². The largest absolute Gasteiger partial charge is 0.416 e. The van der Waals surface area contributed by atoms with E-state index in [1.165, 1.54) is 6.07 Å². The molecule has 9 heteroatoms. The van der Waals surface area contributed by atoms with Gasteiger partial charge in [0.25, 0.3) is 0 Å². The number of aliphatic hydroxyl groups excluding tert-OH is 2. The summed E-state index contributed by atoms with van der Waals surface area (Å²) in [5, 5.41) is 22.2. The molecule has 0 aromatic heterocycles. The molecule has 5 nitrogen and oxygen atoms in total. The number of azide groups is 1. The molecule has 2 N–H and O–H groups in total. The van der Waals surface area contributed by atoms with E-state index in [0.717, 1.165) is 12.1 Å². The van der Waals surface area contributed by atoms with Gasteiger partial charge in [0.1, 0.15) is 6.10 Å². The second-order valence-electron chi connectivity index (χ2n) is 3.65. The summed E-state index contributed by atoms with van der Waals surface area (Å²) in [4.78, 5) is 2.36. The fourth-order valence-corrected chi connectivity index (χ4v) is 1.82. The van der Waals surface area contributed by atoms with Crippen LogP contribution in [-0.2, 0) is 6.18 Å². The Balaban J connectivity index is 3.15. The second-order valence-corrected chi connectivity index (χ2v) is 4.57. The lowest BCUT2D eigenvalue weighted by Gasteiger charge is -2.21. The van der Waals surface area contributed by atoms with Crippen LogP contribution in [0.15, 0.2) is 27.8 Å². The first-order valence-electron chi connectivity index (χ1n) is 5.01. The third-order valence-corrected chi connectivity index (χ3v) is 2.83. The summed E-state index contributed by atoms with van der Waals surface area (Å²) < 4.78 is 38.6. The van der Waals surface area contributed by atoms with Crippen LogP contribution in [0.25, 0.3) is 10.4 Å². The molecule has 1 aromatic rings. The number of alkyl halides is 3. The molecule has 0 radical (unpaired) electrons. The normalized spacial score (nSPS) is 14.6. The maximum absolute atomic E-state index is 12.8. The van der Waals surface area contributed by atoms with Crippen LogP contribution in [0, 0.1) is 0 Å². The zero-order valence-corrected chi connectivity index (χ0v) is 10.9. The third kappa shape index (κ3) is 4.10. The zero-order chi connectivity index (χ0) is 14.6. The molecule has 0 amide bonds. The molecule has 1 rings (SSSR count). The van der Waals surface area contributed by atoms with Crippen LogP contribution < -0.4 is 0 Å². The van der Waals surface area contributed by atoms with Crippen LogP contribution in [0.5, 0.6) is 0 Å². The Morgan fingerprint density at radius 2 is 2.00 bits per heavy atom. The molecule has 0 saturated heterocycles. The summed E-state index contributed by atoms with van der Waals surface area (Å²) in [7, 11) is 0. The highest BCUT2D eigenvalue weighted by atomic mass is 79.9. The van der Waals surface area contributed by atoms with Crippen LogP contribution in [0.3, 0.4) is 0 Å². The van der Waals surface area contributed by atoms with Gasteiger partial charge in [-0.25, -0.2) is 0 Å². The van der Waals surface area contributed by atoms with Crippen molar-refractivity contribution in [1.29, 1.82) is 0 Å². The minimum absolute atomic E-state index is 0.195. The first-order valence-corrected chi connectivity index (χ1v) is 5.80. The van der Waals surface area contributed by atoms with Gasteiger partial charge in [0.2, 0.25) is 0 Å². The minimum atomic E-state index is -4.67. The van der Waals surface area contributed by atoms with Crippen molar-refractivity contribution in [3.8, 4) is 0 Å². The van der Waals surface area contributed by atoms with Gasteiger partial charge < -0.3 is 10.2 Å². The molecule has 2 atom stereocenters. The molecule has 0 heterocycles. The number of benzene rings is 1.